The highest BCUT2D eigenvalue weighted by Crippen LogP contribution is 2.37. The first-order valence-electron chi connectivity index (χ1n) is 6.23. The fourth-order valence-corrected chi connectivity index (χ4v) is 2.44. The Morgan fingerprint density at radius 3 is 2.67 bits per heavy atom. The number of nitrogens with one attached hydrogen (secondary N) is 1. The van der Waals surface area contributed by atoms with Gasteiger partial charge in [-0.15, -0.1) is 0 Å². The second-order valence-corrected chi connectivity index (χ2v) is 4.93. The van der Waals surface area contributed by atoms with Crippen LogP contribution in [0.1, 0.15) is 26.2 Å². The van der Waals surface area contributed by atoms with Gasteiger partial charge < -0.3 is 4.74 Å². The van der Waals surface area contributed by atoms with Crippen LogP contribution in [0.4, 0.5) is 13.2 Å². The molecule has 1 fully saturated rings. The fourth-order valence-electron chi connectivity index (χ4n) is 2.44. The Morgan fingerprint density at radius 2 is 2.17 bits per heavy atom. The highest BCUT2D eigenvalue weighted by Gasteiger charge is 2.57. The van der Waals surface area contributed by atoms with Crippen molar-refractivity contribution in [1.29, 1.82) is 0 Å². The zero-order chi connectivity index (χ0) is 13.2. The van der Waals surface area contributed by atoms with Crippen LogP contribution in [0, 0.1) is 0 Å². The summed E-state index contributed by atoms with van der Waals surface area (Å²) in [4.78, 5) is 0. The molecule has 18 heavy (non-hydrogen) atoms. The van der Waals surface area contributed by atoms with E-state index in [1.165, 1.54) is 0 Å². The van der Waals surface area contributed by atoms with E-state index in [1.807, 2.05) is 18.2 Å². The molecule has 0 aromatic carbocycles. The van der Waals surface area contributed by atoms with Gasteiger partial charge >= 0.3 is 6.18 Å². The molecule has 1 N–H and O–H groups in total. The van der Waals surface area contributed by atoms with Crippen LogP contribution in [0.15, 0.2) is 23.8 Å². The van der Waals surface area contributed by atoms with Gasteiger partial charge in [0.1, 0.15) is 5.54 Å². The molecule has 0 amide bonds. The molecule has 1 saturated heterocycles. The van der Waals surface area contributed by atoms with E-state index in [0.717, 1.165) is 18.4 Å². The highest BCUT2D eigenvalue weighted by molar-refractivity contribution is 5.27. The molecule has 102 valence electrons. The van der Waals surface area contributed by atoms with Gasteiger partial charge in [-0.3, -0.25) is 5.32 Å². The lowest BCUT2D eigenvalue weighted by Gasteiger charge is -2.35. The minimum absolute atomic E-state index is 0.0160. The molecule has 1 aliphatic heterocycles. The molecule has 5 heteroatoms. The van der Waals surface area contributed by atoms with Gasteiger partial charge in [0.2, 0.25) is 0 Å². The summed E-state index contributed by atoms with van der Waals surface area (Å²) in [6.07, 6.45) is 3.46. The van der Waals surface area contributed by atoms with Crippen molar-refractivity contribution >= 4 is 0 Å². The second-order valence-electron chi connectivity index (χ2n) is 4.93. The maximum Gasteiger partial charge on any atom is 0.408 e. The van der Waals surface area contributed by atoms with Crippen LogP contribution in [-0.4, -0.2) is 31.0 Å². The summed E-state index contributed by atoms with van der Waals surface area (Å²) < 4.78 is 44.4. The minimum Gasteiger partial charge on any atom is -0.379 e. The lowest BCUT2D eigenvalue weighted by Crippen LogP contribution is -2.60. The Labute approximate surface area is 105 Å². The lowest BCUT2D eigenvalue weighted by atomic mass is 9.93. The molecular weight excluding hydrogens is 243 g/mol. The van der Waals surface area contributed by atoms with E-state index >= 15 is 0 Å². The quantitative estimate of drug-likeness (QED) is 0.843. The summed E-state index contributed by atoms with van der Waals surface area (Å²) in [5.74, 6) is 0. The first-order chi connectivity index (χ1) is 8.45. The third-order valence-electron chi connectivity index (χ3n) is 3.58. The van der Waals surface area contributed by atoms with Gasteiger partial charge in [-0.25, -0.2) is 0 Å². The Morgan fingerprint density at radius 1 is 1.39 bits per heavy atom. The van der Waals surface area contributed by atoms with E-state index < -0.39 is 11.7 Å². The molecule has 0 spiro atoms. The molecule has 1 heterocycles. The Kier molecular flexibility index (Phi) is 3.82. The maximum atomic E-state index is 13.2. The Bertz CT molecular complexity index is 354. The van der Waals surface area contributed by atoms with E-state index in [4.69, 9.17) is 4.74 Å². The molecule has 2 aliphatic rings. The van der Waals surface area contributed by atoms with Crippen molar-refractivity contribution in [3.05, 3.63) is 23.8 Å². The summed E-state index contributed by atoms with van der Waals surface area (Å²) >= 11 is 0. The monoisotopic (exact) mass is 261 g/mol. The number of ether oxygens (including phenoxy) is 1. The number of hydrogen-bond donors (Lipinski definition) is 1. The van der Waals surface area contributed by atoms with Gasteiger partial charge in [0.25, 0.3) is 0 Å². The lowest BCUT2D eigenvalue weighted by molar-refractivity contribution is -0.197. The van der Waals surface area contributed by atoms with Crippen molar-refractivity contribution in [2.45, 2.75) is 43.9 Å². The summed E-state index contributed by atoms with van der Waals surface area (Å²) in [6, 6.07) is -0.315. The summed E-state index contributed by atoms with van der Waals surface area (Å²) in [6.45, 7) is 1.64. The molecule has 0 radical (unpaired) electrons. The molecule has 0 aromatic rings. The third kappa shape index (κ3) is 2.62. The normalized spacial score (nSPS) is 30.3. The van der Waals surface area contributed by atoms with Gasteiger partial charge in [-0.1, -0.05) is 18.2 Å². The van der Waals surface area contributed by atoms with Gasteiger partial charge in [0.05, 0.1) is 6.61 Å². The molecule has 2 nitrogen and oxygen atoms in total. The maximum absolute atomic E-state index is 13.2. The molecule has 0 unspecified atom stereocenters. The third-order valence-corrected chi connectivity index (χ3v) is 3.58. The van der Waals surface area contributed by atoms with E-state index in [0.29, 0.717) is 0 Å². The van der Waals surface area contributed by atoms with E-state index in [-0.39, 0.29) is 25.7 Å². The van der Waals surface area contributed by atoms with Crippen LogP contribution >= 0.6 is 0 Å². The van der Waals surface area contributed by atoms with Crippen LogP contribution in [-0.2, 0) is 4.74 Å². The van der Waals surface area contributed by atoms with E-state index in [2.05, 4.69) is 5.32 Å². The van der Waals surface area contributed by atoms with Crippen LogP contribution in [0.3, 0.4) is 0 Å². The van der Waals surface area contributed by atoms with Crippen molar-refractivity contribution in [3.8, 4) is 0 Å². The predicted molar refractivity (Wildman–Crippen MR) is 63.3 cm³/mol. The number of rotatable bonds is 3. The molecule has 0 bridgehead atoms. The number of hydrogen-bond acceptors (Lipinski definition) is 2. The largest absolute Gasteiger partial charge is 0.408 e. The SMILES string of the molecule is C[C@H](N[C@]1(C(F)(F)F)CCOC1)C1=CCCC=C1. The number of halogens is 3. The topological polar surface area (TPSA) is 21.3 Å². The van der Waals surface area contributed by atoms with E-state index in [1.54, 1.807) is 6.92 Å². The average molecular weight is 261 g/mol. The van der Waals surface area contributed by atoms with Crippen molar-refractivity contribution in [3.63, 3.8) is 0 Å². The molecule has 1 aliphatic carbocycles. The Balaban J connectivity index is 2.10. The Hall–Kier alpha value is -0.810. The molecular formula is C13H18F3NO. The zero-order valence-electron chi connectivity index (χ0n) is 10.4. The van der Waals surface area contributed by atoms with Crippen LogP contribution < -0.4 is 5.32 Å². The minimum atomic E-state index is -4.28. The summed E-state index contributed by atoms with van der Waals surface area (Å²) in [5.41, 5.74) is -0.963. The van der Waals surface area contributed by atoms with Crippen LogP contribution in [0.2, 0.25) is 0 Å². The van der Waals surface area contributed by atoms with Crippen molar-refractivity contribution in [1.82, 2.24) is 5.32 Å². The first-order valence-corrected chi connectivity index (χ1v) is 6.23. The van der Waals surface area contributed by atoms with Crippen molar-refractivity contribution in [2.24, 2.45) is 0 Å². The predicted octanol–water partition coefficient (Wildman–Crippen LogP) is 2.96. The van der Waals surface area contributed by atoms with Crippen LogP contribution in [0.5, 0.6) is 0 Å². The zero-order valence-corrected chi connectivity index (χ0v) is 10.4. The molecule has 2 rings (SSSR count). The van der Waals surface area contributed by atoms with Gasteiger partial charge in [0, 0.05) is 19.1 Å². The van der Waals surface area contributed by atoms with Gasteiger partial charge in [0.15, 0.2) is 0 Å². The second kappa shape index (κ2) is 5.05. The first kappa shape index (κ1) is 13.6. The molecule has 0 aromatic heterocycles. The fraction of sp³-hybridized carbons (Fsp3) is 0.692. The van der Waals surface area contributed by atoms with Gasteiger partial charge in [-0.05, 0) is 25.3 Å². The summed E-state index contributed by atoms with van der Waals surface area (Å²) in [5, 5.41) is 2.73. The molecule has 2 atom stereocenters. The number of allylic oxidation sites excluding steroid dienone is 2. The average Bonchev–Trinajstić information content (AvgIpc) is 2.79. The molecule has 0 saturated carbocycles. The van der Waals surface area contributed by atoms with E-state index in [9.17, 15) is 13.2 Å². The van der Waals surface area contributed by atoms with Gasteiger partial charge in [-0.2, -0.15) is 13.2 Å². The smallest absolute Gasteiger partial charge is 0.379 e. The highest BCUT2D eigenvalue weighted by atomic mass is 19.4. The van der Waals surface area contributed by atoms with Crippen molar-refractivity contribution < 1.29 is 17.9 Å². The van der Waals surface area contributed by atoms with Crippen LogP contribution in [0.25, 0.3) is 0 Å². The van der Waals surface area contributed by atoms with Crippen molar-refractivity contribution in [2.75, 3.05) is 13.2 Å². The standard InChI is InChI=1S/C13H18F3NO/c1-10(11-5-3-2-4-6-11)17-12(13(14,15)16)7-8-18-9-12/h3,5-6,10,17H,2,4,7-9H2,1H3/t10-,12+/m0/s1. The number of alkyl halides is 3. The summed E-state index contributed by atoms with van der Waals surface area (Å²) in [7, 11) is 0.